The molecule has 0 saturated carbocycles. The number of nitrogens with one attached hydrogen (secondary N) is 1. The second kappa shape index (κ2) is 5.71. The fraction of sp³-hybridized carbons (Fsp3) is 0.385. The van der Waals surface area contributed by atoms with Gasteiger partial charge in [-0.3, -0.25) is 4.79 Å². The SMILES string of the molecule is Cc1ccc(C(N)=O)cc1NC(=O)N1CCOCC1. The first-order valence-corrected chi connectivity index (χ1v) is 6.12. The predicted molar refractivity (Wildman–Crippen MR) is 71.1 cm³/mol. The van der Waals surface area contributed by atoms with E-state index in [2.05, 4.69) is 5.32 Å². The van der Waals surface area contributed by atoms with E-state index in [0.717, 1.165) is 5.56 Å². The van der Waals surface area contributed by atoms with Crippen LogP contribution in [0.2, 0.25) is 0 Å². The molecule has 1 aromatic rings. The summed E-state index contributed by atoms with van der Waals surface area (Å²) in [6.07, 6.45) is 0. The number of aryl methyl sites for hydroxylation is 1. The summed E-state index contributed by atoms with van der Waals surface area (Å²) in [4.78, 5) is 24.9. The fourth-order valence-corrected chi connectivity index (χ4v) is 1.87. The Labute approximate surface area is 111 Å². The van der Waals surface area contributed by atoms with Gasteiger partial charge in [-0.25, -0.2) is 4.79 Å². The van der Waals surface area contributed by atoms with Crippen LogP contribution in [0.1, 0.15) is 15.9 Å². The summed E-state index contributed by atoms with van der Waals surface area (Å²) in [6, 6.07) is 4.81. The van der Waals surface area contributed by atoms with Gasteiger partial charge in [0.1, 0.15) is 0 Å². The first kappa shape index (κ1) is 13.4. The lowest BCUT2D eigenvalue weighted by Gasteiger charge is -2.27. The third kappa shape index (κ3) is 3.23. The molecule has 0 spiro atoms. The number of morpholine rings is 1. The minimum Gasteiger partial charge on any atom is -0.378 e. The van der Waals surface area contributed by atoms with E-state index in [1.165, 1.54) is 0 Å². The van der Waals surface area contributed by atoms with Gasteiger partial charge >= 0.3 is 6.03 Å². The van der Waals surface area contributed by atoms with E-state index in [9.17, 15) is 9.59 Å². The van der Waals surface area contributed by atoms with Gasteiger partial charge in [0, 0.05) is 24.3 Å². The molecule has 1 fully saturated rings. The molecule has 0 atom stereocenters. The second-order valence-electron chi connectivity index (χ2n) is 4.42. The van der Waals surface area contributed by atoms with Crippen LogP contribution >= 0.6 is 0 Å². The van der Waals surface area contributed by atoms with Crippen LogP contribution in [0.25, 0.3) is 0 Å². The highest BCUT2D eigenvalue weighted by molar-refractivity contribution is 5.96. The Morgan fingerprint density at radius 2 is 2.00 bits per heavy atom. The average molecular weight is 263 g/mol. The van der Waals surface area contributed by atoms with Gasteiger partial charge in [-0.2, -0.15) is 0 Å². The molecule has 0 aromatic heterocycles. The highest BCUT2D eigenvalue weighted by Gasteiger charge is 2.17. The summed E-state index contributed by atoms with van der Waals surface area (Å²) in [5.74, 6) is -0.512. The number of amides is 3. The topological polar surface area (TPSA) is 84.7 Å². The Balaban J connectivity index is 2.11. The molecule has 1 aromatic carbocycles. The molecule has 0 radical (unpaired) electrons. The number of rotatable bonds is 2. The van der Waals surface area contributed by atoms with Crippen LogP contribution in [0.4, 0.5) is 10.5 Å². The smallest absolute Gasteiger partial charge is 0.322 e. The number of carbonyl (C=O) groups is 2. The monoisotopic (exact) mass is 263 g/mol. The van der Waals surface area contributed by atoms with E-state index in [4.69, 9.17) is 10.5 Å². The maximum atomic E-state index is 12.0. The molecule has 6 nitrogen and oxygen atoms in total. The van der Waals surface area contributed by atoms with Crippen molar-refractivity contribution >= 4 is 17.6 Å². The molecule has 0 unspecified atom stereocenters. The van der Waals surface area contributed by atoms with Gasteiger partial charge < -0.3 is 20.7 Å². The van der Waals surface area contributed by atoms with E-state index >= 15 is 0 Å². The predicted octanol–water partition coefficient (Wildman–Crippen LogP) is 0.958. The summed E-state index contributed by atoms with van der Waals surface area (Å²) in [6.45, 7) is 4.10. The van der Waals surface area contributed by atoms with Crippen LogP contribution in [0, 0.1) is 6.92 Å². The van der Waals surface area contributed by atoms with E-state index in [1.54, 1.807) is 23.1 Å². The molecular weight excluding hydrogens is 246 g/mol. The highest BCUT2D eigenvalue weighted by Crippen LogP contribution is 2.17. The van der Waals surface area contributed by atoms with Crippen LogP contribution in [0.3, 0.4) is 0 Å². The summed E-state index contributed by atoms with van der Waals surface area (Å²) >= 11 is 0. The van der Waals surface area contributed by atoms with Crippen LogP contribution in [0.15, 0.2) is 18.2 Å². The Bertz CT molecular complexity index is 496. The van der Waals surface area contributed by atoms with Gasteiger partial charge in [0.25, 0.3) is 0 Å². The molecule has 3 N–H and O–H groups in total. The lowest BCUT2D eigenvalue weighted by molar-refractivity contribution is 0.0564. The summed E-state index contributed by atoms with van der Waals surface area (Å²) in [7, 11) is 0. The van der Waals surface area contributed by atoms with E-state index < -0.39 is 5.91 Å². The maximum Gasteiger partial charge on any atom is 0.322 e. The number of primary amides is 1. The third-order valence-corrected chi connectivity index (χ3v) is 3.06. The van der Waals surface area contributed by atoms with Crippen LogP contribution in [0.5, 0.6) is 0 Å². The lowest BCUT2D eigenvalue weighted by atomic mass is 10.1. The number of hydrogen-bond donors (Lipinski definition) is 2. The second-order valence-corrected chi connectivity index (χ2v) is 4.42. The van der Waals surface area contributed by atoms with Crippen molar-refractivity contribution in [3.63, 3.8) is 0 Å². The number of carbonyl (C=O) groups excluding carboxylic acids is 2. The average Bonchev–Trinajstić information content (AvgIpc) is 2.42. The quantitative estimate of drug-likeness (QED) is 0.833. The van der Waals surface area contributed by atoms with E-state index in [0.29, 0.717) is 37.6 Å². The van der Waals surface area contributed by atoms with Crippen molar-refractivity contribution < 1.29 is 14.3 Å². The van der Waals surface area contributed by atoms with Crippen LogP contribution in [-0.2, 0) is 4.74 Å². The molecule has 1 aliphatic rings. The fourth-order valence-electron chi connectivity index (χ4n) is 1.87. The van der Waals surface area contributed by atoms with Crippen LogP contribution < -0.4 is 11.1 Å². The normalized spacial score (nSPS) is 15.1. The molecular formula is C13H17N3O3. The standard InChI is InChI=1S/C13H17N3O3/c1-9-2-3-10(12(14)17)8-11(9)15-13(18)16-4-6-19-7-5-16/h2-3,8H,4-7H2,1H3,(H2,14,17)(H,15,18). The zero-order valence-corrected chi connectivity index (χ0v) is 10.8. The summed E-state index contributed by atoms with van der Waals surface area (Å²) in [5, 5.41) is 2.80. The van der Waals surface area contributed by atoms with Crippen molar-refractivity contribution in [2.45, 2.75) is 6.92 Å². The number of nitrogens with two attached hydrogens (primary N) is 1. The largest absolute Gasteiger partial charge is 0.378 e. The van der Waals surface area contributed by atoms with Crippen molar-refractivity contribution in [2.24, 2.45) is 5.73 Å². The lowest BCUT2D eigenvalue weighted by Crippen LogP contribution is -2.43. The maximum absolute atomic E-state index is 12.0. The Morgan fingerprint density at radius 3 is 2.63 bits per heavy atom. The Hall–Kier alpha value is -2.08. The highest BCUT2D eigenvalue weighted by atomic mass is 16.5. The van der Waals surface area contributed by atoms with Crippen molar-refractivity contribution in [1.82, 2.24) is 4.90 Å². The molecule has 0 aliphatic carbocycles. The Kier molecular flexibility index (Phi) is 4.01. The molecule has 0 bridgehead atoms. The van der Waals surface area contributed by atoms with E-state index in [-0.39, 0.29) is 6.03 Å². The van der Waals surface area contributed by atoms with Crippen molar-refractivity contribution in [3.8, 4) is 0 Å². The number of urea groups is 1. The molecule has 2 rings (SSSR count). The van der Waals surface area contributed by atoms with Crippen molar-refractivity contribution in [2.75, 3.05) is 31.6 Å². The zero-order valence-electron chi connectivity index (χ0n) is 10.8. The molecule has 1 saturated heterocycles. The molecule has 102 valence electrons. The number of anilines is 1. The molecule has 1 aliphatic heterocycles. The minimum atomic E-state index is -0.512. The summed E-state index contributed by atoms with van der Waals surface area (Å²) < 4.78 is 5.19. The van der Waals surface area contributed by atoms with Gasteiger partial charge in [0.05, 0.1) is 13.2 Å². The molecule has 19 heavy (non-hydrogen) atoms. The molecule has 1 heterocycles. The van der Waals surface area contributed by atoms with Gasteiger partial charge in [-0.1, -0.05) is 6.07 Å². The minimum absolute atomic E-state index is 0.187. The number of benzene rings is 1. The van der Waals surface area contributed by atoms with Crippen LogP contribution in [-0.4, -0.2) is 43.1 Å². The zero-order chi connectivity index (χ0) is 13.8. The summed E-state index contributed by atoms with van der Waals surface area (Å²) in [5.41, 5.74) is 7.09. The molecule has 6 heteroatoms. The number of nitrogens with zero attached hydrogens (tertiary/aromatic N) is 1. The van der Waals surface area contributed by atoms with Gasteiger partial charge in [0.15, 0.2) is 0 Å². The molecule has 3 amide bonds. The van der Waals surface area contributed by atoms with Crippen molar-refractivity contribution in [1.29, 1.82) is 0 Å². The van der Waals surface area contributed by atoms with Crippen molar-refractivity contribution in [3.05, 3.63) is 29.3 Å². The number of ether oxygens (including phenoxy) is 1. The first-order valence-electron chi connectivity index (χ1n) is 6.12. The van der Waals surface area contributed by atoms with Gasteiger partial charge in [0.2, 0.25) is 5.91 Å². The first-order chi connectivity index (χ1) is 9.08. The van der Waals surface area contributed by atoms with E-state index in [1.807, 2.05) is 6.92 Å². The number of hydrogen-bond acceptors (Lipinski definition) is 3. The van der Waals surface area contributed by atoms with Gasteiger partial charge in [-0.05, 0) is 24.6 Å². The third-order valence-electron chi connectivity index (χ3n) is 3.06. The Morgan fingerprint density at radius 1 is 1.32 bits per heavy atom. The van der Waals surface area contributed by atoms with Gasteiger partial charge in [-0.15, -0.1) is 0 Å².